The lowest BCUT2D eigenvalue weighted by Gasteiger charge is -2.18. The minimum atomic E-state index is 0.00897. The fraction of sp³-hybridized carbons (Fsp3) is 0.400. The predicted molar refractivity (Wildman–Crippen MR) is 80.5 cm³/mol. The van der Waals surface area contributed by atoms with Crippen LogP contribution >= 0.6 is 0 Å². The van der Waals surface area contributed by atoms with Crippen molar-refractivity contribution in [3.8, 4) is 11.8 Å². The monoisotopic (exact) mass is 285 g/mol. The largest absolute Gasteiger partial charge is 0.395 e. The van der Waals surface area contributed by atoms with Crippen molar-refractivity contribution in [2.75, 3.05) is 24.6 Å². The molecule has 0 amide bonds. The Labute approximate surface area is 124 Å². The van der Waals surface area contributed by atoms with Gasteiger partial charge in [0.25, 0.3) is 0 Å². The van der Waals surface area contributed by atoms with Crippen LogP contribution in [0.3, 0.4) is 0 Å². The molecule has 0 aliphatic rings. The highest BCUT2D eigenvalue weighted by Gasteiger charge is 2.18. The smallest absolute Gasteiger partial charge is 0.207 e. The van der Waals surface area contributed by atoms with Gasteiger partial charge in [-0.05, 0) is 38.0 Å². The van der Waals surface area contributed by atoms with E-state index >= 15 is 0 Å². The number of hydrogen-bond donors (Lipinski definition) is 1. The number of benzene rings is 1. The zero-order valence-corrected chi connectivity index (χ0v) is 12.5. The third-order valence-corrected chi connectivity index (χ3v) is 3.54. The highest BCUT2D eigenvalue weighted by molar-refractivity contribution is 5.51. The average molecular weight is 285 g/mol. The molecule has 2 rings (SSSR count). The number of aromatic nitrogens is 3. The summed E-state index contributed by atoms with van der Waals surface area (Å²) in [6, 6.07) is 7.97. The van der Waals surface area contributed by atoms with Gasteiger partial charge in [-0.1, -0.05) is 12.1 Å². The van der Waals surface area contributed by atoms with Crippen LogP contribution in [0.5, 0.6) is 0 Å². The fourth-order valence-electron chi connectivity index (χ4n) is 2.18. The Morgan fingerprint density at radius 3 is 2.71 bits per heavy atom. The second-order valence-corrected chi connectivity index (χ2v) is 4.80. The van der Waals surface area contributed by atoms with Crippen LogP contribution in [0.1, 0.15) is 23.7 Å². The molecule has 0 saturated heterocycles. The SMILES string of the molecule is CCN(CCO)c1nn(-c2cccc(C)c2C)nc1C#N. The van der Waals surface area contributed by atoms with E-state index in [2.05, 4.69) is 16.3 Å². The Morgan fingerprint density at radius 2 is 2.10 bits per heavy atom. The minimum absolute atomic E-state index is 0.00897. The number of likely N-dealkylation sites (N-methyl/N-ethyl adjacent to an activating group) is 1. The second-order valence-electron chi connectivity index (χ2n) is 4.80. The van der Waals surface area contributed by atoms with Crippen molar-refractivity contribution < 1.29 is 5.11 Å². The van der Waals surface area contributed by atoms with Crippen LogP contribution in [-0.4, -0.2) is 39.8 Å². The average Bonchev–Trinajstić information content (AvgIpc) is 2.91. The maximum absolute atomic E-state index is 9.26. The van der Waals surface area contributed by atoms with Crippen molar-refractivity contribution in [2.45, 2.75) is 20.8 Å². The Balaban J connectivity index is 2.50. The van der Waals surface area contributed by atoms with E-state index in [9.17, 15) is 5.26 Å². The van der Waals surface area contributed by atoms with E-state index in [0.717, 1.165) is 16.8 Å². The van der Waals surface area contributed by atoms with Crippen molar-refractivity contribution in [2.24, 2.45) is 0 Å². The first-order chi connectivity index (χ1) is 10.1. The molecule has 21 heavy (non-hydrogen) atoms. The van der Waals surface area contributed by atoms with Gasteiger partial charge in [-0.2, -0.15) is 5.26 Å². The molecule has 0 fully saturated rings. The summed E-state index contributed by atoms with van der Waals surface area (Å²) in [6.45, 7) is 7.07. The first kappa shape index (κ1) is 15.0. The highest BCUT2D eigenvalue weighted by atomic mass is 16.3. The second kappa shape index (κ2) is 6.37. The van der Waals surface area contributed by atoms with Crippen molar-refractivity contribution in [3.63, 3.8) is 0 Å². The first-order valence-electron chi connectivity index (χ1n) is 6.92. The molecule has 0 atom stereocenters. The molecule has 2 aromatic rings. The van der Waals surface area contributed by atoms with Crippen molar-refractivity contribution >= 4 is 5.82 Å². The summed E-state index contributed by atoms with van der Waals surface area (Å²) in [5.41, 5.74) is 3.35. The van der Waals surface area contributed by atoms with E-state index in [-0.39, 0.29) is 12.3 Å². The predicted octanol–water partition coefficient (Wildman–Crippen LogP) is 1.57. The Morgan fingerprint density at radius 1 is 1.33 bits per heavy atom. The number of nitrogens with zero attached hydrogens (tertiary/aromatic N) is 5. The highest BCUT2D eigenvalue weighted by Crippen LogP contribution is 2.20. The van der Waals surface area contributed by atoms with Crippen molar-refractivity contribution in [3.05, 3.63) is 35.0 Å². The van der Waals surface area contributed by atoms with Gasteiger partial charge < -0.3 is 10.0 Å². The van der Waals surface area contributed by atoms with Crippen LogP contribution in [0.4, 0.5) is 5.82 Å². The molecule has 1 N–H and O–H groups in total. The molecule has 0 spiro atoms. The maximum Gasteiger partial charge on any atom is 0.207 e. The lowest BCUT2D eigenvalue weighted by atomic mass is 10.1. The molecule has 6 heteroatoms. The number of aryl methyl sites for hydroxylation is 1. The Hall–Kier alpha value is -2.39. The summed E-state index contributed by atoms with van der Waals surface area (Å²) in [6.07, 6.45) is 0. The number of aliphatic hydroxyl groups excluding tert-OH is 1. The molecule has 1 aromatic heterocycles. The minimum Gasteiger partial charge on any atom is -0.395 e. The third kappa shape index (κ3) is 2.88. The fourth-order valence-corrected chi connectivity index (χ4v) is 2.18. The van der Waals surface area contributed by atoms with Gasteiger partial charge in [0.05, 0.1) is 12.3 Å². The van der Waals surface area contributed by atoms with Crippen LogP contribution in [0.2, 0.25) is 0 Å². The molecule has 1 heterocycles. The lowest BCUT2D eigenvalue weighted by Crippen LogP contribution is -2.27. The number of nitriles is 1. The summed E-state index contributed by atoms with van der Waals surface area (Å²) in [4.78, 5) is 3.34. The maximum atomic E-state index is 9.26. The van der Waals surface area contributed by atoms with Crippen LogP contribution in [0.15, 0.2) is 18.2 Å². The molecular weight excluding hydrogens is 266 g/mol. The quantitative estimate of drug-likeness (QED) is 0.902. The Kier molecular flexibility index (Phi) is 4.55. The summed E-state index contributed by atoms with van der Waals surface area (Å²) >= 11 is 0. The molecule has 0 aliphatic heterocycles. The summed E-state index contributed by atoms with van der Waals surface area (Å²) in [5.74, 6) is 0.509. The first-order valence-corrected chi connectivity index (χ1v) is 6.92. The molecule has 0 unspecified atom stereocenters. The van der Waals surface area contributed by atoms with Crippen LogP contribution in [-0.2, 0) is 0 Å². The van der Waals surface area contributed by atoms with Gasteiger partial charge in [0.15, 0.2) is 5.82 Å². The Bertz CT molecular complexity index is 671. The van der Waals surface area contributed by atoms with Gasteiger partial charge in [-0.15, -0.1) is 15.0 Å². The van der Waals surface area contributed by atoms with E-state index in [1.807, 2.05) is 43.9 Å². The van der Waals surface area contributed by atoms with Gasteiger partial charge in [0.1, 0.15) is 6.07 Å². The van der Waals surface area contributed by atoms with Crippen molar-refractivity contribution in [1.29, 1.82) is 5.26 Å². The standard InChI is InChI=1S/C15H19N5O/c1-4-19(8-9-21)15-13(10-16)17-20(18-15)14-7-5-6-11(2)12(14)3/h5-7,21H,4,8-9H2,1-3H3. The zero-order valence-electron chi connectivity index (χ0n) is 12.5. The third-order valence-electron chi connectivity index (χ3n) is 3.54. The van der Waals surface area contributed by atoms with E-state index in [4.69, 9.17) is 5.11 Å². The van der Waals surface area contributed by atoms with Gasteiger partial charge in [0, 0.05) is 13.1 Å². The number of rotatable bonds is 5. The van der Waals surface area contributed by atoms with E-state index < -0.39 is 0 Å². The number of hydrogen-bond acceptors (Lipinski definition) is 5. The molecule has 110 valence electrons. The zero-order chi connectivity index (χ0) is 15.4. The van der Waals surface area contributed by atoms with E-state index in [0.29, 0.717) is 18.9 Å². The molecule has 0 bridgehead atoms. The molecule has 0 aliphatic carbocycles. The molecule has 6 nitrogen and oxygen atoms in total. The van der Waals surface area contributed by atoms with Crippen LogP contribution < -0.4 is 4.90 Å². The molecule has 0 radical (unpaired) electrons. The summed E-state index contributed by atoms with van der Waals surface area (Å²) in [5, 5.41) is 27.1. The molecule has 1 aromatic carbocycles. The number of anilines is 1. The number of aliphatic hydroxyl groups is 1. The van der Waals surface area contributed by atoms with E-state index in [1.54, 1.807) is 0 Å². The molecule has 0 saturated carbocycles. The summed E-state index contributed by atoms with van der Waals surface area (Å²) < 4.78 is 0. The van der Waals surface area contributed by atoms with E-state index in [1.165, 1.54) is 4.80 Å². The topological polar surface area (TPSA) is 78.0 Å². The van der Waals surface area contributed by atoms with Crippen LogP contribution in [0.25, 0.3) is 5.69 Å². The normalized spacial score (nSPS) is 10.4. The molecular formula is C15H19N5O. The lowest BCUT2D eigenvalue weighted by molar-refractivity contribution is 0.302. The van der Waals surface area contributed by atoms with Gasteiger partial charge in [-0.3, -0.25) is 0 Å². The van der Waals surface area contributed by atoms with Gasteiger partial charge >= 0.3 is 0 Å². The van der Waals surface area contributed by atoms with Gasteiger partial charge in [-0.25, -0.2) is 0 Å². The summed E-state index contributed by atoms with van der Waals surface area (Å²) in [7, 11) is 0. The van der Waals surface area contributed by atoms with Crippen molar-refractivity contribution in [1.82, 2.24) is 15.0 Å². The van der Waals surface area contributed by atoms with Gasteiger partial charge in [0.2, 0.25) is 5.69 Å². The van der Waals surface area contributed by atoms with Crippen LogP contribution in [0, 0.1) is 25.2 Å².